The van der Waals surface area contributed by atoms with Crippen LogP contribution >= 0.6 is 0 Å². The molecule has 0 aliphatic rings. The highest BCUT2D eigenvalue weighted by atomic mass is 16.6. The Balaban J connectivity index is 2.63. The van der Waals surface area contributed by atoms with E-state index in [9.17, 15) is 4.79 Å². The Morgan fingerprint density at radius 3 is 2.63 bits per heavy atom. The van der Waals surface area contributed by atoms with E-state index in [1.165, 1.54) is 0 Å². The van der Waals surface area contributed by atoms with Crippen LogP contribution in [0.25, 0.3) is 6.08 Å². The Labute approximate surface area is 114 Å². The molecule has 1 amide bonds. The van der Waals surface area contributed by atoms with Crippen molar-refractivity contribution < 1.29 is 14.3 Å². The second kappa shape index (κ2) is 6.27. The maximum Gasteiger partial charge on any atom is 0.407 e. The van der Waals surface area contributed by atoms with Crippen molar-refractivity contribution in [1.29, 1.82) is 0 Å². The number of ether oxygens (including phenoxy) is 2. The molecule has 0 aromatic heterocycles. The van der Waals surface area contributed by atoms with E-state index >= 15 is 0 Å². The monoisotopic (exact) mass is 263 g/mol. The Hall–Kier alpha value is -1.97. The van der Waals surface area contributed by atoms with Gasteiger partial charge in [0.1, 0.15) is 11.4 Å². The number of hydrogen-bond acceptors (Lipinski definition) is 3. The Bertz CT molecular complexity index is 461. The van der Waals surface area contributed by atoms with Gasteiger partial charge in [0.2, 0.25) is 0 Å². The molecule has 19 heavy (non-hydrogen) atoms. The first-order valence-corrected chi connectivity index (χ1v) is 6.12. The summed E-state index contributed by atoms with van der Waals surface area (Å²) < 4.78 is 10.4. The largest absolute Gasteiger partial charge is 0.496 e. The number of carbonyl (C=O) groups is 1. The third-order valence-corrected chi connectivity index (χ3v) is 2.35. The molecule has 0 spiro atoms. The number of carbonyl (C=O) groups excluding carboxylic acids is 1. The van der Waals surface area contributed by atoms with Crippen LogP contribution in [-0.2, 0) is 11.3 Å². The van der Waals surface area contributed by atoms with E-state index in [2.05, 4.69) is 11.9 Å². The summed E-state index contributed by atoms with van der Waals surface area (Å²) in [5, 5.41) is 2.70. The van der Waals surface area contributed by atoms with Crippen molar-refractivity contribution in [1.82, 2.24) is 5.32 Å². The normalized spacial score (nSPS) is 10.7. The molecule has 1 N–H and O–H groups in total. The lowest BCUT2D eigenvalue weighted by Crippen LogP contribution is -2.32. The fraction of sp³-hybridized carbons (Fsp3) is 0.400. The zero-order chi connectivity index (χ0) is 14.5. The van der Waals surface area contributed by atoms with E-state index in [1.807, 2.05) is 39.0 Å². The van der Waals surface area contributed by atoms with Crippen LogP contribution in [0.4, 0.5) is 4.79 Å². The Kier molecular flexibility index (Phi) is 4.98. The lowest BCUT2D eigenvalue weighted by Gasteiger charge is -2.19. The van der Waals surface area contributed by atoms with Crippen molar-refractivity contribution in [2.24, 2.45) is 0 Å². The molecule has 1 aromatic rings. The minimum absolute atomic E-state index is 0.392. The van der Waals surface area contributed by atoms with Gasteiger partial charge in [-0.1, -0.05) is 24.8 Å². The van der Waals surface area contributed by atoms with Crippen molar-refractivity contribution >= 4 is 12.2 Å². The van der Waals surface area contributed by atoms with E-state index in [1.54, 1.807) is 13.2 Å². The summed E-state index contributed by atoms with van der Waals surface area (Å²) in [6.07, 6.45) is 1.29. The summed E-state index contributed by atoms with van der Waals surface area (Å²) >= 11 is 0. The van der Waals surface area contributed by atoms with Gasteiger partial charge in [0.05, 0.1) is 7.11 Å². The molecule has 1 aromatic carbocycles. The van der Waals surface area contributed by atoms with Crippen molar-refractivity contribution in [3.8, 4) is 5.75 Å². The van der Waals surface area contributed by atoms with Crippen molar-refractivity contribution in [3.63, 3.8) is 0 Å². The van der Waals surface area contributed by atoms with Crippen LogP contribution < -0.4 is 10.1 Å². The highest BCUT2D eigenvalue weighted by Crippen LogP contribution is 2.21. The van der Waals surface area contributed by atoms with Gasteiger partial charge in [-0.15, -0.1) is 0 Å². The topological polar surface area (TPSA) is 47.6 Å². The molecule has 4 nitrogen and oxygen atoms in total. The van der Waals surface area contributed by atoms with Crippen molar-refractivity contribution in [2.45, 2.75) is 32.9 Å². The lowest BCUT2D eigenvalue weighted by molar-refractivity contribution is 0.0523. The van der Waals surface area contributed by atoms with Crippen LogP contribution in [0.5, 0.6) is 5.75 Å². The van der Waals surface area contributed by atoms with Gasteiger partial charge in [-0.05, 0) is 32.4 Å². The third kappa shape index (κ3) is 5.04. The molecule has 0 fully saturated rings. The second-order valence-electron chi connectivity index (χ2n) is 5.14. The van der Waals surface area contributed by atoms with E-state index in [0.29, 0.717) is 6.54 Å². The smallest absolute Gasteiger partial charge is 0.407 e. The summed E-state index contributed by atoms with van der Waals surface area (Å²) in [6, 6.07) is 5.68. The van der Waals surface area contributed by atoms with Gasteiger partial charge >= 0.3 is 6.09 Å². The molecule has 104 valence electrons. The fourth-order valence-electron chi connectivity index (χ4n) is 1.52. The number of hydrogen-bond donors (Lipinski definition) is 1. The highest BCUT2D eigenvalue weighted by Gasteiger charge is 2.15. The zero-order valence-electron chi connectivity index (χ0n) is 11.9. The maximum absolute atomic E-state index is 11.5. The van der Waals surface area contributed by atoms with E-state index < -0.39 is 11.7 Å². The second-order valence-corrected chi connectivity index (χ2v) is 5.14. The fourth-order valence-corrected chi connectivity index (χ4v) is 1.52. The number of benzene rings is 1. The van der Waals surface area contributed by atoms with Gasteiger partial charge in [0, 0.05) is 12.1 Å². The van der Waals surface area contributed by atoms with Gasteiger partial charge in [-0.25, -0.2) is 4.79 Å². The van der Waals surface area contributed by atoms with Gasteiger partial charge in [-0.3, -0.25) is 0 Å². The van der Waals surface area contributed by atoms with Crippen LogP contribution in [0.3, 0.4) is 0 Å². The molecule has 0 saturated heterocycles. The van der Waals surface area contributed by atoms with Crippen LogP contribution in [0.15, 0.2) is 24.8 Å². The molecule has 0 bridgehead atoms. The first-order valence-electron chi connectivity index (χ1n) is 6.12. The van der Waals surface area contributed by atoms with Crippen LogP contribution in [0.2, 0.25) is 0 Å². The molecule has 0 atom stereocenters. The molecule has 0 radical (unpaired) electrons. The van der Waals surface area contributed by atoms with Crippen LogP contribution in [0, 0.1) is 0 Å². The minimum Gasteiger partial charge on any atom is -0.496 e. The third-order valence-electron chi connectivity index (χ3n) is 2.35. The molecule has 0 aliphatic carbocycles. The molecular weight excluding hydrogens is 242 g/mol. The van der Waals surface area contributed by atoms with Crippen molar-refractivity contribution in [2.75, 3.05) is 7.11 Å². The number of methoxy groups -OCH3 is 1. The average molecular weight is 263 g/mol. The Morgan fingerprint density at radius 1 is 1.42 bits per heavy atom. The first kappa shape index (κ1) is 15.1. The summed E-state index contributed by atoms with van der Waals surface area (Å²) in [7, 11) is 1.60. The predicted molar refractivity (Wildman–Crippen MR) is 76.2 cm³/mol. The zero-order valence-corrected chi connectivity index (χ0v) is 11.9. The SMILES string of the molecule is C=Cc1ccc(CNC(=O)OC(C)(C)C)cc1OC. The van der Waals surface area contributed by atoms with Gasteiger partial charge < -0.3 is 14.8 Å². The quantitative estimate of drug-likeness (QED) is 0.906. The van der Waals surface area contributed by atoms with E-state index in [-0.39, 0.29) is 0 Å². The van der Waals surface area contributed by atoms with Crippen LogP contribution in [-0.4, -0.2) is 18.8 Å². The van der Waals surface area contributed by atoms with E-state index in [4.69, 9.17) is 9.47 Å². The maximum atomic E-state index is 11.5. The number of alkyl carbamates (subject to hydrolysis) is 1. The molecule has 1 rings (SSSR count). The number of nitrogens with one attached hydrogen (secondary N) is 1. The lowest BCUT2D eigenvalue weighted by atomic mass is 10.1. The summed E-state index contributed by atoms with van der Waals surface area (Å²) in [6.45, 7) is 9.59. The van der Waals surface area contributed by atoms with E-state index in [0.717, 1.165) is 16.9 Å². The molecule has 0 saturated carbocycles. The molecule has 0 aliphatic heterocycles. The first-order chi connectivity index (χ1) is 8.85. The minimum atomic E-state index is -0.492. The Morgan fingerprint density at radius 2 is 2.11 bits per heavy atom. The predicted octanol–water partition coefficient (Wildman–Crippen LogP) is 3.36. The van der Waals surface area contributed by atoms with Crippen molar-refractivity contribution in [3.05, 3.63) is 35.9 Å². The van der Waals surface area contributed by atoms with Gasteiger partial charge in [0.25, 0.3) is 0 Å². The summed E-state index contributed by atoms with van der Waals surface area (Å²) in [5.74, 6) is 0.735. The van der Waals surface area contributed by atoms with Crippen LogP contribution in [0.1, 0.15) is 31.9 Å². The van der Waals surface area contributed by atoms with Gasteiger partial charge in [-0.2, -0.15) is 0 Å². The standard InChI is InChI=1S/C15H21NO3/c1-6-12-8-7-11(9-13(12)18-5)10-16-14(17)19-15(2,3)4/h6-9H,1,10H2,2-5H3,(H,16,17). The molecule has 0 heterocycles. The number of amides is 1. The average Bonchev–Trinajstić information content (AvgIpc) is 2.33. The molecular formula is C15H21NO3. The number of rotatable bonds is 4. The summed E-state index contributed by atoms with van der Waals surface area (Å²) in [5.41, 5.74) is 1.37. The molecule has 4 heteroatoms. The molecule has 0 unspecified atom stereocenters. The highest BCUT2D eigenvalue weighted by molar-refractivity contribution is 5.67. The van der Waals surface area contributed by atoms with Gasteiger partial charge in [0.15, 0.2) is 0 Å². The summed E-state index contributed by atoms with van der Waals surface area (Å²) in [4.78, 5) is 11.5.